The van der Waals surface area contributed by atoms with Crippen LogP contribution < -0.4 is 4.74 Å². The van der Waals surface area contributed by atoms with E-state index >= 15 is 0 Å². The molecule has 0 unspecified atom stereocenters. The first kappa shape index (κ1) is 11.0. The maximum Gasteiger partial charge on any atom is 0.125 e. The Hall–Kier alpha value is -1.09. The van der Waals surface area contributed by atoms with Crippen LogP contribution in [0, 0.1) is 6.92 Å². The summed E-state index contributed by atoms with van der Waals surface area (Å²) >= 11 is 0. The van der Waals surface area contributed by atoms with Gasteiger partial charge in [0.1, 0.15) is 19.0 Å². The van der Waals surface area contributed by atoms with E-state index in [4.69, 9.17) is 4.74 Å². The lowest BCUT2D eigenvalue weighted by Gasteiger charge is -2.13. The minimum absolute atomic E-state index is 0.0305. The molecule has 0 saturated heterocycles. The fourth-order valence-corrected chi connectivity index (χ4v) is 1.27. The van der Waals surface area contributed by atoms with Gasteiger partial charge in [-0.3, -0.25) is 0 Å². The number of benzene rings is 1. The van der Waals surface area contributed by atoms with Crippen molar-refractivity contribution in [3.05, 3.63) is 29.3 Å². The molecule has 1 rings (SSSR count). The van der Waals surface area contributed by atoms with Gasteiger partial charge in [0.15, 0.2) is 0 Å². The zero-order valence-electron chi connectivity index (χ0n) is 8.46. The van der Waals surface area contributed by atoms with Gasteiger partial charge in [-0.1, -0.05) is 11.6 Å². The third-order valence-corrected chi connectivity index (χ3v) is 1.95. The van der Waals surface area contributed by atoms with Crippen molar-refractivity contribution in [2.75, 3.05) is 13.3 Å². The van der Waals surface area contributed by atoms with Gasteiger partial charge < -0.3 is 9.84 Å². The number of ether oxygens (including phenoxy) is 1. The Labute approximate surface area is 83.3 Å². The molecule has 0 heterocycles. The monoisotopic (exact) mass is 198 g/mol. The predicted molar refractivity (Wildman–Crippen MR) is 53.3 cm³/mol. The van der Waals surface area contributed by atoms with Gasteiger partial charge in [-0.05, 0) is 26.0 Å². The van der Waals surface area contributed by atoms with Crippen molar-refractivity contribution >= 4 is 0 Å². The molecule has 0 aliphatic rings. The molecule has 0 saturated carbocycles. The van der Waals surface area contributed by atoms with E-state index in [2.05, 4.69) is 0 Å². The Kier molecular flexibility index (Phi) is 3.89. The standard InChI is InChI=1S/C11H15FO2/c1-8-3-4-11(14-6-5-12)10(7-8)9(2)13/h3-4,7,9,13H,5-6H2,1-2H3/t9-/m1/s1. The Morgan fingerprint density at radius 1 is 1.50 bits per heavy atom. The maximum absolute atomic E-state index is 11.9. The molecule has 1 atom stereocenters. The van der Waals surface area contributed by atoms with Crippen LogP contribution in [-0.4, -0.2) is 18.4 Å². The molecule has 1 aromatic carbocycles. The molecule has 0 aliphatic heterocycles. The van der Waals surface area contributed by atoms with Crippen molar-refractivity contribution in [2.24, 2.45) is 0 Å². The SMILES string of the molecule is Cc1ccc(OCCF)c([C@@H](C)O)c1. The second-order valence-corrected chi connectivity index (χ2v) is 3.25. The van der Waals surface area contributed by atoms with Gasteiger partial charge in [-0.25, -0.2) is 4.39 Å². The Morgan fingerprint density at radius 2 is 2.21 bits per heavy atom. The van der Waals surface area contributed by atoms with Crippen molar-refractivity contribution < 1.29 is 14.2 Å². The quantitative estimate of drug-likeness (QED) is 0.805. The number of aryl methyl sites for hydroxylation is 1. The molecular formula is C11H15FO2. The number of aliphatic hydroxyl groups is 1. The number of hydrogen-bond acceptors (Lipinski definition) is 2. The first-order valence-electron chi connectivity index (χ1n) is 4.62. The van der Waals surface area contributed by atoms with Crippen LogP contribution in [0.3, 0.4) is 0 Å². The summed E-state index contributed by atoms with van der Waals surface area (Å²) in [6.07, 6.45) is -0.593. The summed E-state index contributed by atoms with van der Waals surface area (Å²) in [5.41, 5.74) is 1.76. The minimum atomic E-state index is -0.593. The Balaban J connectivity index is 2.90. The van der Waals surface area contributed by atoms with Crippen molar-refractivity contribution in [1.29, 1.82) is 0 Å². The summed E-state index contributed by atoms with van der Waals surface area (Å²) in [5.74, 6) is 0.559. The smallest absolute Gasteiger partial charge is 0.125 e. The molecule has 1 aromatic rings. The Bertz CT molecular complexity index is 297. The zero-order valence-corrected chi connectivity index (χ0v) is 8.46. The highest BCUT2D eigenvalue weighted by atomic mass is 19.1. The van der Waals surface area contributed by atoms with Crippen LogP contribution in [-0.2, 0) is 0 Å². The van der Waals surface area contributed by atoms with E-state index in [0.717, 1.165) is 5.56 Å². The topological polar surface area (TPSA) is 29.5 Å². The van der Waals surface area contributed by atoms with E-state index in [1.54, 1.807) is 13.0 Å². The van der Waals surface area contributed by atoms with Crippen molar-refractivity contribution in [3.8, 4) is 5.75 Å². The number of hydrogen-bond donors (Lipinski definition) is 1. The highest BCUT2D eigenvalue weighted by molar-refractivity contribution is 5.38. The number of rotatable bonds is 4. The third-order valence-electron chi connectivity index (χ3n) is 1.95. The van der Waals surface area contributed by atoms with Gasteiger partial charge in [0.25, 0.3) is 0 Å². The van der Waals surface area contributed by atoms with Crippen LogP contribution >= 0.6 is 0 Å². The van der Waals surface area contributed by atoms with E-state index < -0.39 is 12.8 Å². The summed E-state index contributed by atoms with van der Waals surface area (Å²) in [6.45, 7) is 3.11. The molecule has 0 amide bonds. The first-order chi connectivity index (χ1) is 6.65. The van der Waals surface area contributed by atoms with Gasteiger partial charge in [-0.2, -0.15) is 0 Å². The summed E-state index contributed by atoms with van der Waals surface area (Å²) in [6, 6.07) is 5.48. The molecule has 0 bridgehead atoms. The summed E-state index contributed by atoms with van der Waals surface area (Å²) in [5, 5.41) is 9.45. The summed E-state index contributed by atoms with van der Waals surface area (Å²) in [7, 11) is 0. The van der Waals surface area contributed by atoms with E-state index in [-0.39, 0.29) is 6.61 Å². The fraction of sp³-hybridized carbons (Fsp3) is 0.455. The fourth-order valence-electron chi connectivity index (χ4n) is 1.27. The van der Waals surface area contributed by atoms with Gasteiger partial charge >= 0.3 is 0 Å². The molecule has 2 nitrogen and oxygen atoms in total. The lowest BCUT2D eigenvalue weighted by Crippen LogP contribution is -2.03. The van der Waals surface area contributed by atoms with Gasteiger partial charge in [0.05, 0.1) is 6.10 Å². The normalized spacial score (nSPS) is 12.6. The molecule has 0 aliphatic carbocycles. The van der Waals surface area contributed by atoms with Crippen LogP contribution in [0.4, 0.5) is 4.39 Å². The lowest BCUT2D eigenvalue weighted by molar-refractivity contribution is 0.189. The molecule has 3 heteroatoms. The van der Waals surface area contributed by atoms with Crippen molar-refractivity contribution in [1.82, 2.24) is 0 Å². The van der Waals surface area contributed by atoms with Crippen molar-refractivity contribution in [3.63, 3.8) is 0 Å². The third kappa shape index (κ3) is 2.70. The molecule has 1 N–H and O–H groups in total. The molecule has 0 aromatic heterocycles. The van der Waals surface area contributed by atoms with Crippen LogP contribution in [0.5, 0.6) is 5.75 Å². The average Bonchev–Trinajstić information content (AvgIpc) is 2.15. The highest BCUT2D eigenvalue weighted by Crippen LogP contribution is 2.26. The maximum atomic E-state index is 11.9. The van der Waals surface area contributed by atoms with E-state index in [1.165, 1.54) is 0 Å². The van der Waals surface area contributed by atoms with E-state index in [0.29, 0.717) is 11.3 Å². The van der Waals surface area contributed by atoms with Gasteiger partial charge in [-0.15, -0.1) is 0 Å². The van der Waals surface area contributed by atoms with E-state index in [9.17, 15) is 9.50 Å². The first-order valence-corrected chi connectivity index (χ1v) is 4.62. The number of aliphatic hydroxyl groups excluding tert-OH is 1. The predicted octanol–water partition coefficient (Wildman–Crippen LogP) is 2.40. The molecule has 14 heavy (non-hydrogen) atoms. The van der Waals surface area contributed by atoms with Crippen LogP contribution in [0.25, 0.3) is 0 Å². The largest absolute Gasteiger partial charge is 0.490 e. The molecule has 0 radical (unpaired) electrons. The second kappa shape index (κ2) is 4.96. The molecule has 0 spiro atoms. The van der Waals surface area contributed by atoms with Crippen LogP contribution in [0.15, 0.2) is 18.2 Å². The molecule has 0 fully saturated rings. The zero-order chi connectivity index (χ0) is 10.6. The van der Waals surface area contributed by atoms with Crippen LogP contribution in [0.2, 0.25) is 0 Å². The number of alkyl halides is 1. The van der Waals surface area contributed by atoms with Crippen LogP contribution in [0.1, 0.15) is 24.2 Å². The lowest BCUT2D eigenvalue weighted by atomic mass is 10.1. The van der Waals surface area contributed by atoms with Gasteiger partial charge in [0, 0.05) is 5.56 Å². The Morgan fingerprint density at radius 3 is 2.79 bits per heavy atom. The highest BCUT2D eigenvalue weighted by Gasteiger charge is 2.08. The average molecular weight is 198 g/mol. The molecule has 78 valence electrons. The molecular weight excluding hydrogens is 183 g/mol. The second-order valence-electron chi connectivity index (χ2n) is 3.25. The number of halogens is 1. The van der Waals surface area contributed by atoms with Crippen molar-refractivity contribution in [2.45, 2.75) is 20.0 Å². The van der Waals surface area contributed by atoms with Gasteiger partial charge in [0.2, 0.25) is 0 Å². The minimum Gasteiger partial charge on any atom is -0.490 e. The summed E-state index contributed by atoms with van der Waals surface area (Å²) in [4.78, 5) is 0. The van der Waals surface area contributed by atoms with E-state index in [1.807, 2.05) is 19.1 Å². The summed E-state index contributed by atoms with van der Waals surface area (Å²) < 4.78 is 17.1.